The first kappa shape index (κ1) is 20.3. The highest BCUT2D eigenvalue weighted by Gasteiger charge is 2.34. The Morgan fingerprint density at radius 2 is 1.64 bits per heavy atom. The molecular weight excluding hydrogens is 408 g/mol. The topological polar surface area (TPSA) is 80.0 Å². The van der Waals surface area contributed by atoms with E-state index in [0.717, 1.165) is 78.4 Å². The zero-order chi connectivity index (χ0) is 22.3. The van der Waals surface area contributed by atoms with Crippen molar-refractivity contribution in [1.82, 2.24) is 20.3 Å². The molecule has 3 heterocycles. The van der Waals surface area contributed by atoms with E-state index < -0.39 is 0 Å². The van der Waals surface area contributed by atoms with Gasteiger partial charge >= 0.3 is 0 Å². The van der Waals surface area contributed by atoms with Crippen LogP contribution in [0.15, 0.2) is 66.9 Å². The van der Waals surface area contributed by atoms with Gasteiger partial charge in [-0.05, 0) is 36.5 Å². The number of anilines is 1. The number of hydrogen-bond acceptors (Lipinski definition) is 6. The lowest BCUT2D eigenvalue weighted by atomic mass is 9.72. The molecule has 6 nitrogen and oxygen atoms in total. The van der Waals surface area contributed by atoms with Gasteiger partial charge in [0, 0.05) is 54.4 Å². The SMILES string of the molecule is NC1(c2ccc(-c3nc4nc(N5CCNCC5)ncc4cc3-c3ccccc3)cc2)CCC1. The Morgan fingerprint density at radius 3 is 2.33 bits per heavy atom. The average Bonchev–Trinajstić information content (AvgIpc) is 2.87. The van der Waals surface area contributed by atoms with Crippen molar-refractivity contribution in [3.8, 4) is 22.4 Å². The summed E-state index contributed by atoms with van der Waals surface area (Å²) in [6, 6.07) is 21.2. The third-order valence-electron chi connectivity index (χ3n) is 7.02. The zero-order valence-corrected chi connectivity index (χ0v) is 18.7. The molecule has 1 aliphatic carbocycles. The molecule has 0 unspecified atom stereocenters. The summed E-state index contributed by atoms with van der Waals surface area (Å²) < 4.78 is 0. The summed E-state index contributed by atoms with van der Waals surface area (Å²) in [5, 5.41) is 4.33. The maximum absolute atomic E-state index is 6.55. The molecule has 2 aromatic heterocycles. The summed E-state index contributed by atoms with van der Waals surface area (Å²) >= 11 is 0. The molecule has 1 aliphatic heterocycles. The summed E-state index contributed by atoms with van der Waals surface area (Å²) in [5.41, 5.74) is 12.6. The third-order valence-corrected chi connectivity index (χ3v) is 7.02. The molecule has 1 saturated carbocycles. The van der Waals surface area contributed by atoms with E-state index in [1.165, 1.54) is 12.0 Å². The van der Waals surface area contributed by atoms with Gasteiger partial charge in [-0.3, -0.25) is 0 Å². The molecule has 6 rings (SSSR count). The van der Waals surface area contributed by atoms with Crippen LogP contribution in [0.2, 0.25) is 0 Å². The number of benzene rings is 2. The fraction of sp³-hybridized carbons (Fsp3) is 0.296. The summed E-state index contributed by atoms with van der Waals surface area (Å²) in [6.45, 7) is 3.70. The highest BCUT2D eigenvalue weighted by molar-refractivity contribution is 5.90. The Balaban J connectivity index is 1.47. The van der Waals surface area contributed by atoms with E-state index in [1.54, 1.807) is 0 Å². The van der Waals surface area contributed by atoms with Gasteiger partial charge in [0.1, 0.15) is 0 Å². The van der Waals surface area contributed by atoms with E-state index in [-0.39, 0.29) is 5.54 Å². The van der Waals surface area contributed by atoms with E-state index in [1.807, 2.05) is 12.3 Å². The fourth-order valence-corrected chi connectivity index (χ4v) is 4.84. The Kier molecular flexibility index (Phi) is 5.04. The van der Waals surface area contributed by atoms with Crippen molar-refractivity contribution in [2.45, 2.75) is 24.8 Å². The van der Waals surface area contributed by atoms with Crippen LogP contribution in [0.1, 0.15) is 24.8 Å². The third kappa shape index (κ3) is 3.75. The average molecular weight is 437 g/mol. The number of nitrogens with two attached hydrogens (primary N) is 1. The van der Waals surface area contributed by atoms with Gasteiger partial charge in [0.15, 0.2) is 5.65 Å². The lowest BCUT2D eigenvalue weighted by molar-refractivity contribution is 0.253. The first-order chi connectivity index (χ1) is 16.2. The molecule has 6 heteroatoms. The first-order valence-electron chi connectivity index (χ1n) is 11.8. The number of aromatic nitrogens is 3. The largest absolute Gasteiger partial charge is 0.338 e. The number of nitrogens with one attached hydrogen (secondary N) is 1. The number of hydrogen-bond donors (Lipinski definition) is 2. The predicted octanol–water partition coefficient (Wildman–Crippen LogP) is 4.11. The molecule has 4 aromatic rings. The molecule has 0 radical (unpaired) electrons. The van der Waals surface area contributed by atoms with Crippen LogP contribution in [0.5, 0.6) is 0 Å². The van der Waals surface area contributed by atoms with E-state index >= 15 is 0 Å². The molecule has 0 atom stereocenters. The fourth-order valence-electron chi connectivity index (χ4n) is 4.84. The van der Waals surface area contributed by atoms with Crippen molar-refractivity contribution in [2.24, 2.45) is 5.73 Å². The highest BCUT2D eigenvalue weighted by Crippen LogP contribution is 2.40. The molecule has 1 saturated heterocycles. The second kappa shape index (κ2) is 8.21. The quantitative estimate of drug-likeness (QED) is 0.501. The maximum atomic E-state index is 6.55. The smallest absolute Gasteiger partial charge is 0.227 e. The number of pyridine rings is 1. The summed E-state index contributed by atoms with van der Waals surface area (Å²) in [6.07, 6.45) is 5.22. The second-order valence-corrected chi connectivity index (χ2v) is 9.16. The van der Waals surface area contributed by atoms with Gasteiger partial charge < -0.3 is 16.0 Å². The normalized spacial score (nSPS) is 17.7. The van der Waals surface area contributed by atoms with E-state index in [2.05, 4.69) is 69.8 Å². The van der Waals surface area contributed by atoms with Crippen molar-refractivity contribution < 1.29 is 0 Å². The minimum Gasteiger partial charge on any atom is -0.338 e. The van der Waals surface area contributed by atoms with Crippen LogP contribution in [-0.4, -0.2) is 41.1 Å². The molecule has 3 N–H and O–H groups in total. The Labute approximate surface area is 193 Å². The van der Waals surface area contributed by atoms with E-state index in [9.17, 15) is 0 Å². The Morgan fingerprint density at radius 1 is 0.879 bits per heavy atom. The van der Waals surface area contributed by atoms with Crippen molar-refractivity contribution in [3.05, 3.63) is 72.4 Å². The molecular formula is C27H28N6. The lowest BCUT2D eigenvalue weighted by Gasteiger charge is -2.38. The number of fused-ring (bicyclic) bond motifs is 1. The minimum atomic E-state index is -0.164. The van der Waals surface area contributed by atoms with E-state index in [4.69, 9.17) is 15.7 Å². The number of nitrogens with zero attached hydrogens (tertiary/aromatic N) is 4. The van der Waals surface area contributed by atoms with Crippen LogP contribution in [-0.2, 0) is 5.54 Å². The summed E-state index contributed by atoms with van der Waals surface area (Å²) in [5.74, 6) is 0.750. The molecule has 2 aliphatic rings. The predicted molar refractivity (Wildman–Crippen MR) is 133 cm³/mol. The molecule has 0 spiro atoms. The van der Waals surface area contributed by atoms with Crippen molar-refractivity contribution >= 4 is 17.0 Å². The van der Waals surface area contributed by atoms with E-state index in [0.29, 0.717) is 0 Å². The molecule has 33 heavy (non-hydrogen) atoms. The minimum absolute atomic E-state index is 0.164. The van der Waals surface area contributed by atoms with Gasteiger partial charge in [0.25, 0.3) is 0 Å². The monoisotopic (exact) mass is 436 g/mol. The van der Waals surface area contributed by atoms with Crippen LogP contribution < -0.4 is 16.0 Å². The van der Waals surface area contributed by atoms with Crippen molar-refractivity contribution in [1.29, 1.82) is 0 Å². The lowest BCUT2D eigenvalue weighted by Crippen LogP contribution is -2.44. The molecule has 2 fully saturated rings. The summed E-state index contributed by atoms with van der Waals surface area (Å²) in [7, 11) is 0. The van der Waals surface area contributed by atoms with Crippen molar-refractivity contribution in [2.75, 3.05) is 31.1 Å². The zero-order valence-electron chi connectivity index (χ0n) is 18.7. The van der Waals surface area contributed by atoms with Gasteiger partial charge in [-0.1, -0.05) is 54.6 Å². The number of piperazine rings is 1. The van der Waals surface area contributed by atoms with Gasteiger partial charge in [-0.25, -0.2) is 9.97 Å². The van der Waals surface area contributed by atoms with Crippen molar-refractivity contribution in [3.63, 3.8) is 0 Å². The Hall–Kier alpha value is -3.35. The van der Waals surface area contributed by atoms with Crippen LogP contribution in [0, 0.1) is 0 Å². The van der Waals surface area contributed by atoms with Crippen LogP contribution in [0.25, 0.3) is 33.4 Å². The molecule has 0 bridgehead atoms. The van der Waals surface area contributed by atoms with Gasteiger partial charge in [0.05, 0.1) is 5.69 Å². The van der Waals surface area contributed by atoms with Crippen LogP contribution in [0.4, 0.5) is 5.95 Å². The molecule has 2 aromatic carbocycles. The van der Waals surface area contributed by atoms with Gasteiger partial charge in [-0.2, -0.15) is 4.98 Å². The maximum Gasteiger partial charge on any atom is 0.227 e. The summed E-state index contributed by atoms with van der Waals surface area (Å²) in [4.78, 5) is 16.8. The van der Waals surface area contributed by atoms with Crippen LogP contribution in [0.3, 0.4) is 0 Å². The Bertz CT molecular complexity index is 1280. The second-order valence-electron chi connectivity index (χ2n) is 9.16. The molecule has 0 amide bonds. The van der Waals surface area contributed by atoms with Gasteiger partial charge in [-0.15, -0.1) is 0 Å². The highest BCUT2D eigenvalue weighted by atomic mass is 15.3. The van der Waals surface area contributed by atoms with Gasteiger partial charge in [0.2, 0.25) is 5.95 Å². The molecule has 166 valence electrons. The number of rotatable bonds is 4. The first-order valence-corrected chi connectivity index (χ1v) is 11.8. The standard InChI is InChI=1S/C27H28N6/c28-27(11-4-12-27)22-9-7-20(8-10-22)24-23(19-5-2-1-3-6-19)17-21-18-30-26(32-25(21)31-24)33-15-13-29-14-16-33/h1-3,5-10,17-18,29H,4,11-16,28H2. The van der Waals surface area contributed by atoms with Crippen LogP contribution >= 0.6 is 0 Å².